The highest BCUT2D eigenvalue weighted by Crippen LogP contribution is 2.24. The molecule has 1 aromatic carbocycles. The first kappa shape index (κ1) is 14.9. The molecule has 6 heteroatoms. The SMILES string of the molecule is N#CCN(C(=O)C1CCCCN1)c1ccc(F)c(Br)c1. The summed E-state index contributed by atoms with van der Waals surface area (Å²) in [7, 11) is 0. The fraction of sp³-hybridized carbons (Fsp3) is 0.429. The van der Waals surface area contributed by atoms with Crippen LogP contribution in [0.15, 0.2) is 22.7 Å². The molecule has 0 aromatic heterocycles. The van der Waals surface area contributed by atoms with E-state index in [0.29, 0.717) is 5.69 Å². The Hall–Kier alpha value is -1.45. The second-order valence-electron chi connectivity index (χ2n) is 4.68. The van der Waals surface area contributed by atoms with Crippen LogP contribution in [0.5, 0.6) is 0 Å². The lowest BCUT2D eigenvalue weighted by Gasteiger charge is -2.28. The normalized spacial score (nSPS) is 18.4. The molecule has 2 rings (SSSR count). The van der Waals surface area contributed by atoms with Gasteiger partial charge in [0, 0.05) is 5.69 Å². The summed E-state index contributed by atoms with van der Waals surface area (Å²) >= 11 is 3.10. The van der Waals surface area contributed by atoms with Gasteiger partial charge in [-0.2, -0.15) is 5.26 Å². The van der Waals surface area contributed by atoms with Crippen molar-refractivity contribution in [2.75, 3.05) is 18.0 Å². The molecule has 0 saturated carbocycles. The molecule has 106 valence electrons. The van der Waals surface area contributed by atoms with E-state index in [0.717, 1.165) is 25.8 Å². The van der Waals surface area contributed by atoms with Gasteiger partial charge in [-0.1, -0.05) is 6.42 Å². The summed E-state index contributed by atoms with van der Waals surface area (Å²) in [5.41, 5.74) is 0.525. The highest BCUT2D eigenvalue weighted by Gasteiger charge is 2.26. The number of anilines is 1. The number of hydrogen-bond acceptors (Lipinski definition) is 3. The average Bonchev–Trinajstić information content (AvgIpc) is 2.48. The third-order valence-electron chi connectivity index (χ3n) is 3.32. The minimum absolute atomic E-state index is 0.0465. The molecule has 1 aromatic rings. The number of nitrogens with zero attached hydrogens (tertiary/aromatic N) is 2. The van der Waals surface area contributed by atoms with Crippen molar-refractivity contribution in [3.8, 4) is 6.07 Å². The van der Waals surface area contributed by atoms with Crippen molar-refractivity contribution in [3.63, 3.8) is 0 Å². The number of nitrogens with one attached hydrogen (secondary N) is 1. The molecule has 1 unspecified atom stereocenters. The van der Waals surface area contributed by atoms with Gasteiger partial charge in [-0.15, -0.1) is 0 Å². The highest BCUT2D eigenvalue weighted by molar-refractivity contribution is 9.10. The minimum Gasteiger partial charge on any atom is -0.306 e. The summed E-state index contributed by atoms with van der Waals surface area (Å²) in [6, 6.07) is 6.04. The summed E-state index contributed by atoms with van der Waals surface area (Å²) < 4.78 is 13.6. The van der Waals surface area contributed by atoms with Crippen molar-refractivity contribution in [1.82, 2.24) is 5.32 Å². The zero-order valence-electron chi connectivity index (χ0n) is 10.9. The van der Waals surface area contributed by atoms with Crippen LogP contribution in [-0.4, -0.2) is 25.0 Å². The average molecular weight is 340 g/mol. The van der Waals surface area contributed by atoms with Crippen molar-refractivity contribution in [2.24, 2.45) is 0 Å². The molecule has 1 aliphatic heterocycles. The summed E-state index contributed by atoms with van der Waals surface area (Å²) in [4.78, 5) is 13.9. The molecule has 0 radical (unpaired) electrons. The highest BCUT2D eigenvalue weighted by atomic mass is 79.9. The van der Waals surface area contributed by atoms with Crippen molar-refractivity contribution >= 4 is 27.5 Å². The predicted octanol–water partition coefficient (Wildman–Crippen LogP) is 2.59. The van der Waals surface area contributed by atoms with Gasteiger partial charge in [0.05, 0.1) is 16.6 Å². The molecule has 20 heavy (non-hydrogen) atoms. The lowest BCUT2D eigenvalue weighted by molar-refractivity contribution is -0.121. The Bertz CT molecular complexity index is 538. The van der Waals surface area contributed by atoms with Crippen LogP contribution in [0.3, 0.4) is 0 Å². The fourth-order valence-electron chi connectivity index (χ4n) is 2.27. The molecule has 0 bridgehead atoms. The molecule has 1 aliphatic rings. The third kappa shape index (κ3) is 3.35. The van der Waals surface area contributed by atoms with Gasteiger partial charge in [0.15, 0.2) is 0 Å². The number of piperidine rings is 1. The van der Waals surface area contributed by atoms with Crippen LogP contribution < -0.4 is 10.2 Å². The Kier molecular flexibility index (Phi) is 5.10. The molecule has 4 nitrogen and oxygen atoms in total. The maximum Gasteiger partial charge on any atom is 0.245 e. The number of carbonyl (C=O) groups excluding carboxylic acids is 1. The van der Waals surface area contributed by atoms with E-state index in [-0.39, 0.29) is 23.0 Å². The first-order valence-corrected chi connectivity index (χ1v) is 7.29. The van der Waals surface area contributed by atoms with Crippen LogP contribution in [0.25, 0.3) is 0 Å². The minimum atomic E-state index is -0.395. The van der Waals surface area contributed by atoms with Crippen LogP contribution in [0.4, 0.5) is 10.1 Å². The van der Waals surface area contributed by atoms with Crippen molar-refractivity contribution in [3.05, 3.63) is 28.5 Å². The molecule has 0 spiro atoms. The Morgan fingerprint density at radius 3 is 2.95 bits per heavy atom. The quantitative estimate of drug-likeness (QED) is 0.861. The van der Waals surface area contributed by atoms with Gasteiger partial charge < -0.3 is 5.32 Å². The van der Waals surface area contributed by atoms with Crippen molar-refractivity contribution in [2.45, 2.75) is 25.3 Å². The van der Waals surface area contributed by atoms with Gasteiger partial charge in [0.2, 0.25) is 5.91 Å². The summed E-state index contributed by atoms with van der Waals surface area (Å²) in [5, 5.41) is 12.1. The van der Waals surface area contributed by atoms with E-state index in [1.807, 2.05) is 6.07 Å². The zero-order chi connectivity index (χ0) is 14.5. The lowest BCUT2D eigenvalue weighted by Crippen LogP contribution is -2.49. The largest absolute Gasteiger partial charge is 0.306 e. The van der Waals surface area contributed by atoms with E-state index in [9.17, 15) is 9.18 Å². The van der Waals surface area contributed by atoms with Gasteiger partial charge >= 0.3 is 0 Å². The maximum atomic E-state index is 13.3. The number of carbonyl (C=O) groups is 1. The molecule has 1 atom stereocenters. The number of nitriles is 1. The third-order valence-corrected chi connectivity index (χ3v) is 3.93. The topological polar surface area (TPSA) is 56.1 Å². The second kappa shape index (κ2) is 6.82. The maximum absolute atomic E-state index is 13.3. The van der Waals surface area contributed by atoms with E-state index in [2.05, 4.69) is 21.2 Å². The van der Waals surface area contributed by atoms with Gasteiger partial charge in [-0.25, -0.2) is 4.39 Å². The molecule has 1 N–H and O–H groups in total. The molecule has 1 fully saturated rings. The number of hydrogen-bond donors (Lipinski definition) is 1. The number of amides is 1. The van der Waals surface area contributed by atoms with E-state index in [1.165, 1.54) is 23.1 Å². The molecule has 1 saturated heterocycles. The summed E-state index contributed by atoms with van der Waals surface area (Å²) in [5.74, 6) is -0.529. The van der Waals surface area contributed by atoms with Crippen LogP contribution in [0.2, 0.25) is 0 Å². The first-order valence-electron chi connectivity index (χ1n) is 6.50. The smallest absolute Gasteiger partial charge is 0.245 e. The van der Waals surface area contributed by atoms with Gasteiger partial charge in [-0.05, 0) is 53.5 Å². The second-order valence-corrected chi connectivity index (χ2v) is 5.54. The van der Waals surface area contributed by atoms with Crippen molar-refractivity contribution < 1.29 is 9.18 Å². The molecular formula is C14H15BrFN3O. The Balaban J connectivity index is 2.23. The molecular weight excluding hydrogens is 325 g/mol. The van der Waals surface area contributed by atoms with Crippen LogP contribution in [-0.2, 0) is 4.79 Å². The molecule has 0 aliphatic carbocycles. The Morgan fingerprint density at radius 2 is 2.35 bits per heavy atom. The summed E-state index contributed by atoms with van der Waals surface area (Å²) in [6.45, 7) is 0.763. The van der Waals surface area contributed by atoms with E-state index in [1.54, 1.807) is 0 Å². The van der Waals surface area contributed by atoms with Crippen LogP contribution in [0, 0.1) is 17.1 Å². The van der Waals surface area contributed by atoms with Crippen LogP contribution in [0.1, 0.15) is 19.3 Å². The van der Waals surface area contributed by atoms with Gasteiger partial charge in [0.1, 0.15) is 12.4 Å². The number of halogens is 2. The molecule has 1 heterocycles. The number of benzene rings is 1. The van der Waals surface area contributed by atoms with Gasteiger partial charge in [-0.3, -0.25) is 9.69 Å². The number of rotatable bonds is 3. The monoisotopic (exact) mass is 339 g/mol. The summed E-state index contributed by atoms with van der Waals surface area (Å²) in [6.07, 6.45) is 2.82. The first-order chi connectivity index (χ1) is 9.63. The molecule has 1 amide bonds. The Labute approximate surface area is 125 Å². The standard InChI is InChI=1S/C14H15BrFN3O/c15-11-9-10(4-5-12(11)16)19(8-6-17)14(20)13-3-1-2-7-18-13/h4-5,9,13,18H,1-3,7-8H2. The van der Waals surface area contributed by atoms with E-state index in [4.69, 9.17) is 5.26 Å². The van der Waals surface area contributed by atoms with E-state index < -0.39 is 5.82 Å². The Morgan fingerprint density at radius 1 is 1.55 bits per heavy atom. The predicted molar refractivity (Wildman–Crippen MR) is 77.7 cm³/mol. The zero-order valence-corrected chi connectivity index (χ0v) is 12.5. The van der Waals surface area contributed by atoms with Crippen molar-refractivity contribution in [1.29, 1.82) is 5.26 Å². The van der Waals surface area contributed by atoms with E-state index >= 15 is 0 Å². The fourth-order valence-corrected chi connectivity index (χ4v) is 2.64. The lowest BCUT2D eigenvalue weighted by atomic mass is 10.0. The van der Waals surface area contributed by atoms with Gasteiger partial charge in [0.25, 0.3) is 0 Å². The van der Waals surface area contributed by atoms with Crippen LogP contribution >= 0.6 is 15.9 Å².